The Morgan fingerprint density at radius 3 is 2.74 bits per heavy atom. The minimum absolute atomic E-state index is 0.168. The van der Waals surface area contributed by atoms with Gasteiger partial charge in [-0.15, -0.1) is 0 Å². The van der Waals surface area contributed by atoms with Crippen molar-refractivity contribution in [3.63, 3.8) is 0 Å². The SMILES string of the molecule is Cn1c(=O)n2c3c4c(c(Br)c(F)cc4ncc31)OC(c1ccc(F)cc1)C2. The minimum atomic E-state index is -0.595. The highest BCUT2D eigenvalue weighted by atomic mass is 79.9. The number of imidazole rings is 1. The highest BCUT2D eigenvalue weighted by Gasteiger charge is 2.29. The van der Waals surface area contributed by atoms with E-state index in [-0.39, 0.29) is 28.3 Å². The van der Waals surface area contributed by atoms with Crippen LogP contribution >= 0.6 is 15.9 Å². The summed E-state index contributed by atoms with van der Waals surface area (Å²) in [4.78, 5) is 17.1. The minimum Gasteiger partial charge on any atom is -0.482 e. The van der Waals surface area contributed by atoms with Gasteiger partial charge in [-0.1, -0.05) is 12.1 Å². The average molecular weight is 432 g/mol. The van der Waals surface area contributed by atoms with Crippen LogP contribution in [-0.4, -0.2) is 14.1 Å². The molecule has 1 aliphatic heterocycles. The summed E-state index contributed by atoms with van der Waals surface area (Å²) >= 11 is 3.27. The Kier molecular flexibility index (Phi) is 3.42. The van der Waals surface area contributed by atoms with Crippen molar-refractivity contribution in [3.05, 3.63) is 68.7 Å². The molecule has 1 atom stereocenters. The van der Waals surface area contributed by atoms with E-state index < -0.39 is 11.9 Å². The lowest BCUT2D eigenvalue weighted by Crippen LogP contribution is -2.26. The van der Waals surface area contributed by atoms with E-state index in [9.17, 15) is 13.6 Å². The molecular formula is C19H12BrF2N3O2. The Hall–Kier alpha value is -2.74. The van der Waals surface area contributed by atoms with Crippen molar-refractivity contribution < 1.29 is 13.5 Å². The van der Waals surface area contributed by atoms with Gasteiger partial charge < -0.3 is 4.74 Å². The number of pyridine rings is 1. The van der Waals surface area contributed by atoms with Crippen molar-refractivity contribution in [3.8, 4) is 5.75 Å². The van der Waals surface area contributed by atoms with Crippen LogP contribution in [-0.2, 0) is 13.6 Å². The maximum Gasteiger partial charge on any atom is 0.329 e. The third-order valence-electron chi connectivity index (χ3n) is 4.96. The van der Waals surface area contributed by atoms with Crippen molar-refractivity contribution in [1.29, 1.82) is 0 Å². The first-order valence-corrected chi connectivity index (χ1v) is 9.03. The number of benzene rings is 2. The predicted molar refractivity (Wildman–Crippen MR) is 99.9 cm³/mol. The molecule has 5 rings (SSSR count). The van der Waals surface area contributed by atoms with E-state index in [4.69, 9.17) is 4.74 Å². The van der Waals surface area contributed by atoms with Crippen LogP contribution in [0.1, 0.15) is 11.7 Å². The third-order valence-corrected chi connectivity index (χ3v) is 5.70. The van der Waals surface area contributed by atoms with E-state index in [1.54, 1.807) is 29.9 Å². The fourth-order valence-corrected chi connectivity index (χ4v) is 4.02. The first-order valence-electron chi connectivity index (χ1n) is 8.23. The third kappa shape index (κ3) is 2.26. The zero-order valence-corrected chi connectivity index (χ0v) is 15.6. The molecule has 1 unspecified atom stereocenters. The molecule has 0 amide bonds. The van der Waals surface area contributed by atoms with Crippen molar-refractivity contribution in [2.24, 2.45) is 7.05 Å². The second-order valence-electron chi connectivity index (χ2n) is 6.50. The van der Waals surface area contributed by atoms with E-state index >= 15 is 0 Å². The fraction of sp³-hybridized carbons (Fsp3) is 0.158. The zero-order valence-electron chi connectivity index (χ0n) is 14.0. The number of halogens is 3. The van der Waals surface area contributed by atoms with Crippen LogP contribution in [0.4, 0.5) is 8.78 Å². The number of aryl methyl sites for hydroxylation is 1. The fourth-order valence-electron chi connectivity index (χ4n) is 3.62. The summed E-state index contributed by atoms with van der Waals surface area (Å²) in [5.74, 6) is -0.586. The van der Waals surface area contributed by atoms with E-state index in [0.29, 0.717) is 27.5 Å². The molecule has 1 aliphatic rings. The lowest BCUT2D eigenvalue weighted by atomic mass is 10.1. The number of hydrogen-bond acceptors (Lipinski definition) is 3. The van der Waals surface area contributed by atoms with Crippen LogP contribution in [0.25, 0.3) is 21.9 Å². The molecule has 0 radical (unpaired) electrons. The molecular weight excluding hydrogens is 420 g/mol. The summed E-state index contributed by atoms with van der Waals surface area (Å²) in [6.07, 6.45) is 0.966. The van der Waals surface area contributed by atoms with Gasteiger partial charge in [0, 0.05) is 13.1 Å². The standard InChI is InChI=1S/C19H12BrF2N3O2/c1-24-13-7-23-12-6-11(22)16(20)18-15(12)17(13)25(19(24)26)8-14(27-18)9-2-4-10(21)5-3-9/h2-7,14H,8H2,1H3. The number of aromatic nitrogens is 3. The van der Waals surface area contributed by atoms with E-state index in [1.165, 1.54) is 22.8 Å². The first-order chi connectivity index (χ1) is 13.0. The monoisotopic (exact) mass is 431 g/mol. The Labute approximate surface area is 159 Å². The van der Waals surface area contributed by atoms with Gasteiger partial charge in [-0.05, 0) is 33.6 Å². The maximum atomic E-state index is 14.4. The number of ether oxygens (including phenoxy) is 1. The molecule has 2 aromatic heterocycles. The molecule has 0 saturated heterocycles. The lowest BCUT2D eigenvalue weighted by Gasteiger charge is -2.19. The van der Waals surface area contributed by atoms with Gasteiger partial charge in [0.15, 0.2) is 0 Å². The molecule has 2 aromatic carbocycles. The normalized spacial score (nSPS) is 16.1. The molecule has 0 spiro atoms. The van der Waals surface area contributed by atoms with Gasteiger partial charge >= 0.3 is 5.69 Å². The quantitative estimate of drug-likeness (QED) is 0.456. The Bertz CT molecular complexity index is 1300. The Morgan fingerprint density at radius 2 is 2.00 bits per heavy atom. The molecule has 5 nitrogen and oxygen atoms in total. The predicted octanol–water partition coefficient (Wildman–Crippen LogP) is 4.06. The van der Waals surface area contributed by atoms with Gasteiger partial charge in [-0.3, -0.25) is 14.1 Å². The lowest BCUT2D eigenvalue weighted by molar-refractivity contribution is 0.187. The molecule has 27 heavy (non-hydrogen) atoms. The molecule has 136 valence electrons. The summed E-state index contributed by atoms with van der Waals surface area (Å²) in [6.45, 7) is 0.212. The topological polar surface area (TPSA) is 49.0 Å². The van der Waals surface area contributed by atoms with Crippen LogP contribution in [0, 0.1) is 11.6 Å². The molecule has 0 aliphatic carbocycles. The number of hydrogen-bond donors (Lipinski definition) is 0. The van der Waals surface area contributed by atoms with Crippen molar-refractivity contribution in [2.75, 3.05) is 0 Å². The maximum absolute atomic E-state index is 14.4. The largest absolute Gasteiger partial charge is 0.482 e. The molecule has 4 aromatic rings. The molecule has 0 bridgehead atoms. The van der Waals surface area contributed by atoms with E-state index in [2.05, 4.69) is 20.9 Å². The first kappa shape index (κ1) is 16.4. The van der Waals surface area contributed by atoms with Gasteiger partial charge in [0.05, 0.1) is 39.2 Å². The molecule has 0 saturated carbocycles. The summed E-state index contributed by atoms with van der Waals surface area (Å²) in [7, 11) is 1.67. The van der Waals surface area contributed by atoms with Gasteiger partial charge in [0.2, 0.25) is 0 Å². The highest BCUT2D eigenvalue weighted by Crippen LogP contribution is 2.43. The number of rotatable bonds is 1. The summed E-state index contributed by atoms with van der Waals surface area (Å²) < 4.78 is 37.2. The second kappa shape index (κ2) is 5.63. The average Bonchev–Trinajstić information content (AvgIpc) is 2.81. The molecule has 0 fully saturated rings. The molecule has 8 heteroatoms. The van der Waals surface area contributed by atoms with Crippen LogP contribution in [0.3, 0.4) is 0 Å². The Morgan fingerprint density at radius 1 is 1.26 bits per heavy atom. The smallest absolute Gasteiger partial charge is 0.329 e. The highest BCUT2D eigenvalue weighted by molar-refractivity contribution is 9.10. The van der Waals surface area contributed by atoms with Crippen molar-refractivity contribution >= 4 is 37.9 Å². The molecule has 3 heterocycles. The van der Waals surface area contributed by atoms with Gasteiger partial charge in [-0.2, -0.15) is 0 Å². The van der Waals surface area contributed by atoms with Gasteiger partial charge in [0.25, 0.3) is 0 Å². The number of nitrogens with zero attached hydrogens (tertiary/aromatic N) is 3. The van der Waals surface area contributed by atoms with Crippen molar-refractivity contribution in [2.45, 2.75) is 12.6 Å². The van der Waals surface area contributed by atoms with Crippen LogP contribution in [0.2, 0.25) is 0 Å². The molecule has 0 N–H and O–H groups in total. The zero-order chi connectivity index (χ0) is 18.9. The van der Waals surface area contributed by atoms with Crippen LogP contribution in [0.15, 0.2) is 45.8 Å². The summed E-state index contributed by atoms with van der Waals surface area (Å²) in [5.41, 5.74) is 2.15. The van der Waals surface area contributed by atoms with Gasteiger partial charge in [0.1, 0.15) is 23.5 Å². The van der Waals surface area contributed by atoms with Gasteiger partial charge in [-0.25, -0.2) is 13.6 Å². The Balaban J connectivity index is 1.89. The van der Waals surface area contributed by atoms with E-state index in [1.807, 2.05) is 0 Å². The van der Waals surface area contributed by atoms with Crippen LogP contribution < -0.4 is 10.4 Å². The second-order valence-corrected chi connectivity index (χ2v) is 7.29. The summed E-state index contributed by atoms with van der Waals surface area (Å²) in [6, 6.07) is 7.18. The van der Waals surface area contributed by atoms with Crippen molar-refractivity contribution in [1.82, 2.24) is 14.1 Å². The summed E-state index contributed by atoms with van der Waals surface area (Å²) in [5, 5.41) is 0.572. The van der Waals surface area contributed by atoms with E-state index in [0.717, 1.165) is 0 Å². The van der Waals surface area contributed by atoms with Crippen LogP contribution in [0.5, 0.6) is 5.75 Å².